The lowest BCUT2D eigenvalue weighted by atomic mass is 10.1. The van der Waals surface area contributed by atoms with Gasteiger partial charge in [-0.1, -0.05) is 76.3 Å². The first-order chi connectivity index (χ1) is 11.1. The van der Waals surface area contributed by atoms with Gasteiger partial charge < -0.3 is 4.74 Å². The molecule has 0 amide bonds. The minimum Gasteiger partial charge on any atom is -0.487 e. The zero-order chi connectivity index (χ0) is 16.9. The van der Waals surface area contributed by atoms with Crippen LogP contribution < -0.4 is 4.74 Å². The van der Waals surface area contributed by atoms with Gasteiger partial charge in [0.25, 0.3) is 0 Å². The van der Waals surface area contributed by atoms with Crippen LogP contribution in [0, 0.1) is 10.1 Å². The Balaban J connectivity index is 2.08. The van der Waals surface area contributed by atoms with Gasteiger partial charge >= 0.3 is 5.69 Å². The van der Waals surface area contributed by atoms with Crippen molar-refractivity contribution in [3.63, 3.8) is 0 Å². The summed E-state index contributed by atoms with van der Waals surface area (Å²) >= 11 is 5.77. The van der Waals surface area contributed by atoms with Gasteiger partial charge in [0, 0.05) is 11.1 Å². The molecule has 1 rings (SSSR count). The molecule has 0 bridgehead atoms. The molecule has 0 fully saturated rings. The molecule has 23 heavy (non-hydrogen) atoms. The summed E-state index contributed by atoms with van der Waals surface area (Å²) in [7, 11) is 0. The highest BCUT2D eigenvalue weighted by Crippen LogP contribution is 2.30. The van der Waals surface area contributed by atoms with Crippen LogP contribution >= 0.6 is 11.6 Å². The SMILES string of the molecule is CCCCCCCCCCCCOc1ccc(Cl)cc1[N+](=O)[O-]. The Bertz CT molecular complexity index is 466. The minimum absolute atomic E-state index is 0.0652. The Morgan fingerprint density at radius 3 is 2.13 bits per heavy atom. The summed E-state index contributed by atoms with van der Waals surface area (Å²) in [6.07, 6.45) is 12.5. The standard InChI is InChI=1S/C18H28ClNO3/c1-2-3-4-5-6-7-8-9-10-11-14-23-18-13-12-16(19)15-17(18)20(21)22/h12-13,15H,2-11,14H2,1H3. The van der Waals surface area contributed by atoms with Gasteiger partial charge in [-0.2, -0.15) is 0 Å². The molecule has 0 spiro atoms. The first-order valence-electron chi connectivity index (χ1n) is 8.72. The van der Waals surface area contributed by atoms with Crippen molar-refractivity contribution in [2.75, 3.05) is 6.61 Å². The van der Waals surface area contributed by atoms with E-state index < -0.39 is 4.92 Å². The van der Waals surface area contributed by atoms with Crippen molar-refractivity contribution in [2.24, 2.45) is 0 Å². The minimum atomic E-state index is -0.459. The summed E-state index contributed by atoms with van der Waals surface area (Å²) in [5.74, 6) is 0.301. The van der Waals surface area contributed by atoms with E-state index in [1.54, 1.807) is 12.1 Å². The van der Waals surface area contributed by atoms with Gasteiger partial charge in [0.1, 0.15) is 0 Å². The van der Waals surface area contributed by atoms with Crippen LogP contribution in [0.4, 0.5) is 5.69 Å². The predicted octanol–water partition coefficient (Wildman–Crippen LogP) is 6.55. The molecule has 0 aliphatic heterocycles. The second-order valence-corrected chi connectivity index (χ2v) is 6.34. The second kappa shape index (κ2) is 12.2. The molecular formula is C18H28ClNO3. The monoisotopic (exact) mass is 341 g/mol. The van der Waals surface area contributed by atoms with Gasteiger partial charge in [0.2, 0.25) is 0 Å². The molecule has 4 nitrogen and oxygen atoms in total. The van der Waals surface area contributed by atoms with Crippen molar-refractivity contribution in [2.45, 2.75) is 71.1 Å². The lowest BCUT2D eigenvalue weighted by Gasteiger charge is -2.07. The van der Waals surface area contributed by atoms with E-state index in [0.29, 0.717) is 17.4 Å². The second-order valence-electron chi connectivity index (χ2n) is 5.90. The van der Waals surface area contributed by atoms with E-state index in [1.807, 2.05) is 0 Å². The van der Waals surface area contributed by atoms with Gasteiger partial charge in [0.05, 0.1) is 11.5 Å². The molecule has 130 valence electrons. The Hall–Kier alpha value is -1.29. The number of hydrogen-bond donors (Lipinski definition) is 0. The number of benzene rings is 1. The molecule has 0 saturated carbocycles. The van der Waals surface area contributed by atoms with Crippen LogP contribution in [0.25, 0.3) is 0 Å². The number of ether oxygens (including phenoxy) is 1. The van der Waals surface area contributed by atoms with Crippen LogP contribution in [-0.2, 0) is 0 Å². The molecule has 0 atom stereocenters. The van der Waals surface area contributed by atoms with E-state index in [0.717, 1.165) is 12.8 Å². The highest BCUT2D eigenvalue weighted by Gasteiger charge is 2.15. The summed E-state index contributed by atoms with van der Waals surface area (Å²) in [5.41, 5.74) is -0.0652. The molecule has 1 aromatic carbocycles. The van der Waals surface area contributed by atoms with Crippen LogP contribution in [-0.4, -0.2) is 11.5 Å². The molecule has 0 N–H and O–H groups in total. The Morgan fingerprint density at radius 1 is 1.00 bits per heavy atom. The molecule has 0 aliphatic rings. The molecule has 0 saturated heterocycles. The van der Waals surface area contributed by atoms with Gasteiger partial charge in [-0.15, -0.1) is 0 Å². The number of unbranched alkanes of at least 4 members (excludes halogenated alkanes) is 9. The normalized spacial score (nSPS) is 10.7. The third-order valence-corrected chi connectivity index (χ3v) is 4.11. The van der Waals surface area contributed by atoms with E-state index in [1.165, 1.54) is 57.4 Å². The summed E-state index contributed by atoms with van der Waals surface area (Å²) in [4.78, 5) is 10.5. The average molecular weight is 342 g/mol. The van der Waals surface area contributed by atoms with E-state index in [9.17, 15) is 10.1 Å². The topological polar surface area (TPSA) is 52.4 Å². The van der Waals surface area contributed by atoms with Crippen LogP contribution in [0.15, 0.2) is 18.2 Å². The van der Waals surface area contributed by atoms with Gasteiger partial charge in [0.15, 0.2) is 5.75 Å². The fourth-order valence-corrected chi connectivity index (χ4v) is 2.69. The number of hydrogen-bond acceptors (Lipinski definition) is 3. The van der Waals surface area contributed by atoms with Crippen molar-refractivity contribution < 1.29 is 9.66 Å². The first-order valence-corrected chi connectivity index (χ1v) is 9.09. The molecular weight excluding hydrogens is 314 g/mol. The number of nitro groups is 1. The molecule has 0 unspecified atom stereocenters. The van der Waals surface area contributed by atoms with Crippen molar-refractivity contribution in [3.05, 3.63) is 33.3 Å². The Kier molecular flexibility index (Phi) is 10.5. The van der Waals surface area contributed by atoms with Crippen LogP contribution in [0.5, 0.6) is 5.75 Å². The molecule has 5 heteroatoms. The maximum atomic E-state index is 10.9. The quantitative estimate of drug-likeness (QED) is 0.232. The van der Waals surface area contributed by atoms with Crippen molar-refractivity contribution in [3.8, 4) is 5.75 Å². The number of nitro benzene ring substituents is 1. The highest BCUT2D eigenvalue weighted by molar-refractivity contribution is 6.30. The van der Waals surface area contributed by atoms with Gasteiger partial charge in [-0.25, -0.2) is 0 Å². The maximum absolute atomic E-state index is 10.9. The molecule has 0 aliphatic carbocycles. The number of nitrogens with zero attached hydrogens (tertiary/aromatic N) is 1. The first kappa shape index (κ1) is 19.8. The van der Waals surface area contributed by atoms with E-state index in [-0.39, 0.29) is 5.69 Å². The van der Waals surface area contributed by atoms with E-state index in [4.69, 9.17) is 16.3 Å². The van der Waals surface area contributed by atoms with Gasteiger partial charge in [-0.3, -0.25) is 10.1 Å². The average Bonchev–Trinajstić information content (AvgIpc) is 2.53. The fraction of sp³-hybridized carbons (Fsp3) is 0.667. The predicted molar refractivity (Wildman–Crippen MR) is 95.4 cm³/mol. The molecule has 0 aromatic heterocycles. The zero-order valence-electron chi connectivity index (χ0n) is 14.1. The summed E-state index contributed by atoms with van der Waals surface area (Å²) in [5, 5.41) is 11.3. The molecule has 0 heterocycles. The third kappa shape index (κ3) is 8.80. The van der Waals surface area contributed by atoms with Crippen LogP contribution in [0.3, 0.4) is 0 Å². The van der Waals surface area contributed by atoms with E-state index in [2.05, 4.69) is 6.92 Å². The van der Waals surface area contributed by atoms with Crippen molar-refractivity contribution in [1.29, 1.82) is 0 Å². The van der Waals surface area contributed by atoms with Crippen LogP contribution in [0.1, 0.15) is 71.1 Å². The summed E-state index contributed by atoms with van der Waals surface area (Å²) < 4.78 is 5.53. The summed E-state index contributed by atoms with van der Waals surface area (Å²) in [6.45, 7) is 2.75. The smallest absolute Gasteiger partial charge is 0.312 e. The third-order valence-electron chi connectivity index (χ3n) is 3.87. The highest BCUT2D eigenvalue weighted by atomic mass is 35.5. The number of rotatable bonds is 13. The van der Waals surface area contributed by atoms with Crippen LogP contribution in [0.2, 0.25) is 5.02 Å². The van der Waals surface area contributed by atoms with E-state index >= 15 is 0 Å². The Morgan fingerprint density at radius 2 is 1.57 bits per heavy atom. The largest absolute Gasteiger partial charge is 0.487 e. The lowest BCUT2D eigenvalue weighted by molar-refractivity contribution is -0.385. The lowest BCUT2D eigenvalue weighted by Crippen LogP contribution is -2.00. The molecule has 1 aromatic rings. The summed E-state index contributed by atoms with van der Waals surface area (Å²) in [6, 6.07) is 4.51. The Labute approximate surface area is 144 Å². The molecule has 0 radical (unpaired) electrons. The zero-order valence-corrected chi connectivity index (χ0v) is 14.8. The van der Waals surface area contributed by atoms with Crippen molar-refractivity contribution in [1.82, 2.24) is 0 Å². The maximum Gasteiger partial charge on any atom is 0.312 e. The van der Waals surface area contributed by atoms with Gasteiger partial charge in [-0.05, 0) is 18.6 Å². The number of halogens is 1. The fourth-order valence-electron chi connectivity index (χ4n) is 2.53. The van der Waals surface area contributed by atoms with Crippen molar-refractivity contribution >= 4 is 17.3 Å².